The van der Waals surface area contributed by atoms with E-state index in [0.717, 1.165) is 29.6 Å². The molecule has 222 valence electrons. The minimum atomic E-state index is 0.362. The number of ether oxygens (including phenoxy) is 1. The highest BCUT2D eigenvalue weighted by atomic mass is 16.5. The number of rotatable bonds is 5. The van der Waals surface area contributed by atoms with Gasteiger partial charge < -0.3 is 4.74 Å². The topological polar surface area (TPSA) is 25.4 Å². The van der Waals surface area contributed by atoms with Gasteiger partial charge in [-0.05, 0) is 67.2 Å². The molecule has 1 aliphatic heterocycles. The van der Waals surface area contributed by atoms with Gasteiger partial charge in [0.05, 0.1) is 17.3 Å². The van der Waals surface area contributed by atoms with Crippen molar-refractivity contribution < 1.29 is 4.74 Å². The van der Waals surface area contributed by atoms with Gasteiger partial charge in [0.2, 0.25) is 0 Å². The summed E-state index contributed by atoms with van der Waals surface area (Å²) in [6.07, 6.45) is 27.2. The number of fused-ring (bicyclic) bond motifs is 1. The average Bonchev–Trinajstić information content (AvgIpc) is 2.92. The SMILES string of the molecule is CC1(C)CCC(Oc2ccc3nc(CN4CC(C5CCCCCCCCCCCCCCC5)C4)ccc3c2)CC1. The van der Waals surface area contributed by atoms with E-state index in [1.165, 1.54) is 146 Å². The van der Waals surface area contributed by atoms with Gasteiger partial charge in [-0.15, -0.1) is 0 Å². The second-order valence-corrected chi connectivity index (χ2v) is 14.5. The number of aromatic nitrogens is 1. The van der Waals surface area contributed by atoms with E-state index in [-0.39, 0.29) is 0 Å². The van der Waals surface area contributed by atoms with E-state index in [1.54, 1.807) is 0 Å². The third kappa shape index (κ3) is 9.20. The summed E-state index contributed by atoms with van der Waals surface area (Å²) in [6, 6.07) is 11.0. The summed E-state index contributed by atoms with van der Waals surface area (Å²) in [7, 11) is 0. The number of pyridine rings is 1. The summed E-state index contributed by atoms with van der Waals surface area (Å²) < 4.78 is 6.38. The monoisotopic (exact) mass is 546 g/mol. The van der Waals surface area contributed by atoms with Crippen molar-refractivity contribution in [3.63, 3.8) is 0 Å². The van der Waals surface area contributed by atoms with Crippen molar-refractivity contribution in [2.75, 3.05) is 13.1 Å². The van der Waals surface area contributed by atoms with Crippen LogP contribution in [0.2, 0.25) is 0 Å². The van der Waals surface area contributed by atoms with Crippen LogP contribution in [0.15, 0.2) is 30.3 Å². The van der Waals surface area contributed by atoms with Gasteiger partial charge in [-0.2, -0.15) is 0 Å². The third-order valence-electron chi connectivity index (χ3n) is 10.5. The molecule has 0 amide bonds. The summed E-state index contributed by atoms with van der Waals surface area (Å²) in [5.41, 5.74) is 2.79. The predicted octanol–water partition coefficient (Wildman–Crippen LogP) is 10.5. The lowest BCUT2D eigenvalue weighted by Crippen LogP contribution is -2.49. The maximum Gasteiger partial charge on any atom is 0.120 e. The zero-order valence-corrected chi connectivity index (χ0v) is 26.0. The Balaban J connectivity index is 1.08. The lowest BCUT2D eigenvalue weighted by Gasteiger charge is -2.44. The van der Waals surface area contributed by atoms with Crippen molar-refractivity contribution in [3.8, 4) is 5.75 Å². The quantitative estimate of drug-likeness (QED) is 0.373. The first kappa shape index (κ1) is 29.9. The maximum absolute atomic E-state index is 6.38. The highest BCUT2D eigenvalue weighted by molar-refractivity contribution is 5.80. The van der Waals surface area contributed by atoms with Gasteiger partial charge in [0.15, 0.2) is 0 Å². The molecule has 40 heavy (non-hydrogen) atoms. The molecule has 2 heterocycles. The van der Waals surface area contributed by atoms with Crippen molar-refractivity contribution >= 4 is 10.9 Å². The lowest BCUT2D eigenvalue weighted by molar-refractivity contribution is 0.0410. The second kappa shape index (κ2) is 15.0. The van der Waals surface area contributed by atoms with Gasteiger partial charge in [0.25, 0.3) is 0 Å². The first-order valence-corrected chi connectivity index (χ1v) is 17.3. The highest BCUT2D eigenvalue weighted by Gasteiger charge is 2.33. The first-order chi connectivity index (χ1) is 19.5. The van der Waals surface area contributed by atoms with E-state index in [1.807, 2.05) is 0 Å². The number of nitrogens with zero attached hydrogens (tertiary/aromatic N) is 2. The van der Waals surface area contributed by atoms with Crippen LogP contribution in [-0.2, 0) is 6.54 Å². The van der Waals surface area contributed by atoms with Crippen LogP contribution in [0, 0.1) is 17.3 Å². The van der Waals surface area contributed by atoms with E-state index >= 15 is 0 Å². The smallest absolute Gasteiger partial charge is 0.120 e. The molecule has 0 radical (unpaired) electrons. The normalized spacial score (nSPS) is 24.1. The van der Waals surface area contributed by atoms with E-state index in [2.05, 4.69) is 49.1 Å². The van der Waals surface area contributed by atoms with Crippen molar-refractivity contribution in [3.05, 3.63) is 36.0 Å². The summed E-state index contributed by atoms with van der Waals surface area (Å²) >= 11 is 0. The number of benzene rings is 1. The molecule has 5 rings (SSSR count). The molecule has 3 heteroatoms. The molecule has 0 spiro atoms. The molecular formula is C37H58N2O. The molecule has 3 aliphatic rings. The fourth-order valence-electron chi connectivity index (χ4n) is 7.63. The van der Waals surface area contributed by atoms with Crippen LogP contribution in [0.4, 0.5) is 0 Å². The van der Waals surface area contributed by atoms with E-state index in [0.29, 0.717) is 11.5 Å². The largest absolute Gasteiger partial charge is 0.490 e. The number of likely N-dealkylation sites (tertiary alicyclic amines) is 1. The Kier molecular flexibility index (Phi) is 11.2. The van der Waals surface area contributed by atoms with Gasteiger partial charge >= 0.3 is 0 Å². The van der Waals surface area contributed by atoms with Crippen LogP contribution < -0.4 is 4.74 Å². The van der Waals surface area contributed by atoms with Gasteiger partial charge in [0.1, 0.15) is 5.75 Å². The predicted molar refractivity (Wildman–Crippen MR) is 170 cm³/mol. The molecule has 2 aliphatic carbocycles. The molecule has 0 atom stereocenters. The van der Waals surface area contributed by atoms with Gasteiger partial charge in [0, 0.05) is 25.0 Å². The van der Waals surface area contributed by atoms with Crippen LogP contribution in [-0.4, -0.2) is 29.1 Å². The van der Waals surface area contributed by atoms with Gasteiger partial charge in [-0.3, -0.25) is 9.88 Å². The van der Waals surface area contributed by atoms with Crippen LogP contribution in [0.3, 0.4) is 0 Å². The van der Waals surface area contributed by atoms with Crippen LogP contribution >= 0.6 is 0 Å². The fourth-order valence-corrected chi connectivity index (χ4v) is 7.63. The van der Waals surface area contributed by atoms with E-state index < -0.39 is 0 Å². The highest BCUT2D eigenvalue weighted by Crippen LogP contribution is 2.37. The Morgan fingerprint density at radius 2 is 1.27 bits per heavy atom. The molecule has 0 N–H and O–H groups in total. The summed E-state index contributed by atoms with van der Waals surface area (Å²) in [5.74, 6) is 2.86. The molecular weight excluding hydrogens is 488 g/mol. The standard InChI is InChI=1S/C37H58N2O/c1-37(2)24-22-34(23-25-37)40-35-20-21-36-31(26-35)18-19-33(38-36)29-39-27-32(28-39)30-16-14-12-10-8-6-4-3-5-7-9-11-13-15-17-30/h18-21,26,30,32,34H,3-17,22-25,27-29H2,1-2H3. The minimum absolute atomic E-state index is 0.362. The Bertz CT molecular complexity index is 1000. The average molecular weight is 547 g/mol. The summed E-state index contributed by atoms with van der Waals surface area (Å²) in [4.78, 5) is 7.68. The van der Waals surface area contributed by atoms with E-state index in [9.17, 15) is 0 Å². The maximum atomic E-state index is 6.38. The summed E-state index contributed by atoms with van der Waals surface area (Å²) in [5, 5.41) is 1.20. The van der Waals surface area contributed by atoms with Crippen molar-refractivity contribution in [1.29, 1.82) is 0 Å². The van der Waals surface area contributed by atoms with Crippen LogP contribution in [0.1, 0.15) is 142 Å². The summed E-state index contributed by atoms with van der Waals surface area (Å²) in [6.45, 7) is 8.31. The van der Waals surface area contributed by atoms with E-state index in [4.69, 9.17) is 9.72 Å². The van der Waals surface area contributed by atoms with Gasteiger partial charge in [-0.1, -0.05) is 116 Å². The second-order valence-electron chi connectivity index (χ2n) is 14.5. The molecule has 1 aromatic carbocycles. The van der Waals surface area contributed by atoms with Crippen molar-refractivity contribution in [1.82, 2.24) is 9.88 Å². The molecule has 3 nitrogen and oxygen atoms in total. The van der Waals surface area contributed by atoms with Crippen LogP contribution in [0.5, 0.6) is 5.75 Å². The minimum Gasteiger partial charge on any atom is -0.490 e. The number of hydrogen-bond donors (Lipinski definition) is 0. The molecule has 0 unspecified atom stereocenters. The van der Waals surface area contributed by atoms with Crippen molar-refractivity contribution in [2.24, 2.45) is 17.3 Å². The lowest BCUT2D eigenvalue weighted by atomic mass is 9.76. The molecule has 3 fully saturated rings. The molecule has 0 bridgehead atoms. The van der Waals surface area contributed by atoms with Crippen molar-refractivity contribution in [2.45, 2.75) is 148 Å². The zero-order chi connectivity index (χ0) is 27.6. The molecule has 2 aromatic rings. The Morgan fingerprint density at radius 1 is 0.700 bits per heavy atom. The van der Waals surface area contributed by atoms with Gasteiger partial charge in [-0.25, -0.2) is 0 Å². The Labute approximate surface area is 245 Å². The Hall–Kier alpha value is -1.61. The fraction of sp³-hybridized carbons (Fsp3) is 0.757. The molecule has 1 saturated heterocycles. The van der Waals surface area contributed by atoms with Crippen LogP contribution in [0.25, 0.3) is 10.9 Å². The number of hydrogen-bond acceptors (Lipinski definition) is 3. The third-order valence-corrected chi connectivity index (χ3v) is 10.5. The first-order valence-electron chi connectivity index (χ1n) is 17.3. The molecule has 2 saturated carbocycles. The Morgan fingerprint density at radius 3 is 1.88 bits per heavy atom. The zero-order valence-electron chi connectivity index (χ0n) is 26.0. The molecule has 1 aromatic heterocycles.